The number of aryl methyl sites for hydroxylation is 1. The normalized spacial score (nSPS) is 16.6. The largest absolute Gasteiger partial charge is 0.378 e. The molecule has 0 radical (unpaired) electrons. The Bertz CT molecular complexity index is 787. The molecule has 3 heterocycles. The first-order valence-corrected chi connectivity index (χ1v) is 10.2. The van der Waals surface area contributed by atoms with Gasteiger partial charge in [0, 0.05) is 44.6 Å². The van der Waals surface area contributed by atoms with Crippen molar-refractivity contribution in [2.45, 2.75) is 19.3 Å². The number of hydrogen-bond acceptors (Lipinski definition) is 5. The minimum absolute atomic E-state index is 0.0334. The van der Waals surface area contributed by atoms with Crippen LogP contribution in [0.5, 0.6) is 0 Å². The average molecular weight is 380 g/mol. The number of rotatable bonds is 6. The highest BCUT2D eigenvalue weighted by Crippen LogP contribution is 2.26. The van der Waals surface area contributed by atoms with E-state index in [1.165, 1.54) is 24.1 Å². The first-order chi connectivity index (χ1) is 13.8. The zero-order valence-corrected chi connectivity index (χ0v) is 16.3. The van der Waals surface area contributed by atoms with Gasteiger partial charge in [0.2, 0.25) is 0 Å². The summed E-state index contributed by atoms with van der Waals surface area (Å²) in [5, 5.41) is 3.37. The van der Waals surface area contributed by atoms with Crippen LogP contribution in [0.15, 0.2) is 42.6 Å². The summed E-state index contributed by atoms with van der Waals surface area (Å²) in [6.07, 6.45) is 5.13. The maximum Gasteiger partial charge on any atom is 0.255 e. The van der Waals surface area contributed by atoms with Gasteiger partial charge in [-0.3, -0.25) is 4.79 Å². The fourth-order valence-electron chi connectivity index (χ4n) is 3.90. The summed E-state index contributed by atoms with van der Waals surface area (Å²) >= 11 is 0. The Labute approximate surface area is 166 Å². The van der Waals surface area contributed by atoms with Crippen LogP contribution in [0.1, 0.15) is 28.8 Å². The van der Waals surface area contributed by atoms with Gasteiger partial charge in [-0.1, -0.05) is 18.2 Å². The Balaban J connectivity index is 1.24. The SMILES string of the molecule is O=C(c1ccc(NCCCN2CCCc3ccccc32)nc1)N1CCOCC1. The molecule has 148 valence electrons. The third kappa shape index (κ3) is 4.44. The highest BCUT2D eigenvalue weighted by Gasteiger charge is 2.19. The molecule has 1 saturated heterocycles. The first-order valence-electron chi connectivity index (χ1n) is 10.2. The lowest BCUT2D eigenvalue weighted by Gasteiger charge is -2.31. The number of carbonyl (C=O) groups is 1. The molecule has 0 saturated carbocycles. The van der Waals surface area contributed by atoms with Crippen molar-refractivity contribution in [1.82, 2.24) is 9.88 Å². The molecule has 2 aromatic rings. The van der Waals surface area contributed by atoms with E-state index < -0.39 is 0 Å². The highest BCUT2D eigenvalue weighted by molar-refractivity contribution is 5.94. The predicted octanol–water partition coefficient (Wildman–Crippen LogP) is 2.81. The number of amides is 1. The third-order valence-corrected chi connectivity index (χ3v) is 5.43. The molecule has 0 aliphatic carbocycles. The van der Waals surface area contributed by atoms with Crippen LogP contribution in [0.3, 0.4) is 0 Å². The molecule has 6 heteroatoms. The topological polar surface area (TPSA) is 57.7 Å². The molecule has 2 aliphatic rings. The minimum Gasteiger partial charge on any atom is -0.378 e. The summed E-state index contributed by atoms with van der Waals surface area (Å²) in [4.78, 5) is 21.2. The molecule has 0 unspecified atom stereocenters. The van der Waals surface area contributed by atoms with Gasteiger partial charge in [0.15, 0.2) is 0 Å². The van der Waals surface area contributed by atoms with Crippen LogP contribution < -0.4 is 10.2 Å². The number of aromatic nitrogens is 1. The van der Waals surface area contributed by atoms with E-state index in [0.717, 1.165) is 31.9 Å². The number of carbonyl (C=O) groups excluding carboxylic acids is 1. The molecular formula is C22H28N4O2. The van der Waals surface area contributed by atoms with Gasteiger partial charge in [-0.15, -0.1) is 0 Å². The number of benzene rings is 1. The fraction of sp³-hybridized carbons (Fsp3) is 0.455. The van der Waals surface area contributed by atoms with Crippen molar-refractivity contribution in [2.24, 2.45) is 0 Å². The molecule has 28 heavy (non-hydrogen) atoms. The second kappa shape index (κ2) is 9.06. The van der Waals surface area contributed by atoms with E-state index in [0.29, 0.717) is 31.9 Å². The van der Waals surface area contributed by atoms with Crippen LogP contribution in [0.2, 0.25) is 0 Å². The number of pyridine rings is 1. The second-order valence-corrected chi connectivity index (χ2v) is 7.34. The summed E-state index contributed by atoms with van der Waals surface area (Å²) in [6, 6.07) is 12.5. The summed E-state index contributed by atoms with van der Waals surface area (Å²) in [7, 11) is 0. The van der Waals surface area contributed by atoms with Gasteiger partial charge in [-0.25, -0.2) is 4.98 Å². The van der Waals surface area contributed by atoms with E-state index >= 15 is 0 Å². The standard InChI is InChI=1S/C22H28N4O2/c27-22(26-13-15-28-16-14-26)19-8-9-21(24-17-19)23-10-4-12-25-11-3-6-18-5-1-2-7-20(18)25/h1-2,5,7-9,17H,3-4,6,10-16H2,(H,23,24). The zero-order valence-electron chi connectivity index (χ0n) is 16.3. The molecule has 2 aliphatic heterocycles. The first kappa shape index (κ1) is 18.7. The van der Waals surface area contributed by atoms with Gasteiger partial charge < -0.3 is 19.9 Å². The lowest BCUT2D eigenvalue weighted by Crippen LogP contribution is -2.40. The lowest BCUT2D eigenvalue weighted by atomic mass is 10.0. The van der Waals surface area contributed by atoms with Crippen molar-refractivity contribution in [2.75, 3.05) is 56.2 Å². The molecule has 1 amide bonds. The van der Waals surface area contributed by atoms with Gasteiger partial charge in [-0.2, -0.15) is 0 Å². The number of morpholine rings is 1. The molecule has 1 aromatic carbocycles. The zero-order chi connectivity index (χ0) is 19.2. The van der Waals surface area contributed by atoms with E-state index in [9.17, 15) is 4.79 Å². The molecule has 0 atom stereocenters. The Hall–Kier alpha value is -2.60. The van der Waals surface area contributed by atoms with Gasteiger partial charge in [0.25, 0.3) is 5.91 Å². The van der Waals surface area contributed by atoms with Crippen molar-refractivity contribution >= 4 is 17.4 Å². The van der Waals surface area contributed by atoms with Crippen LogP contribution >= 0.6 is 0 Å². The molecule has 6 nitrogen and oxygen atoms in total. The van der Waals surface area contributed by atoms with Crippen LogP contribution in [0.4, 0.5) is 11.5 Å². The number of nitrogens with one attached hydrogen (secondary N) is 1. The molecule has 4 rings (SSSR count). The maximum atomic E-state index is 12.5. The molecule has 1 fully saturated rings. The van der Waals surface area contributed by atoms with Crippen molar-refractivity contribution in [3.8, 4) is 0 Å². The van der Waals surface area contributed by atoms with Crippen LogP contribution in [-0.4, -0.2) is 61.7 Å². The lowest BCUT2D eigenvalue weighted by molar-refractivity contribution is 0.0302. The second-order valence-electron chi connectivity index (χ2n) is 7.34. The monoisotopic (exact) mass is 380 g/mol. The average Bonchev–Trinajstić information content (AvgIpc) is 2.77. The Morgan fingerprint density at radius 1 is 1.11 bits per heavy atom. The highest BCUT2D eigenvalue weighted by atomic mass is 16.5. The van der Waals surface area contributed by atoms with E-state index in [4.69, 9.17) is 4.74 Å². The van der Waals surface area contributed by atoms with Crippen molar-refractivity contribution in [3.63, 3.8) is 0 Å². The summed E-state index contributed by atoms with van der Waals surface area (Å²) in [5.41, 5.74) is 3.49. The van der Waals surface area contributed by atoms with E-state index in [-0.39, 0.29) is 5.91 Å². The minimum atomic E-state index is 0.0334. The van der Waals surface area contributed by atoms with Crippen molar-refractivity contribution < 1.29 is 9.53 Å². The summed E-state index contributed by atoms with van der Waals surface area (Å²) in [6.45, 7) is 5.56. The number of ether oxygens (including phenoxy) is 1. The molecule has 1 N–H and O–H groups in total. The molecule has 0 spiro atoms. The predicted molar refractivity (Wildman–Crippen MR) is 111 cm³/mol. The Kier molecular flexibility index (Phi) is 6.07. The summed E-state index contributed by atoms with van der Waals surface area (Å²) < 4.78 is 5.30. The molecular weight excluding hydrogens is 352 g/mol. The molecule has 1 aromatic heterocycles. The fourth-order valence-corrected chi connectivity index (χ4v) is 3.90. The van der Waals surface area contributed by atoms with Gasteiger partial charge in [-0.05, 0) is 43.0 Å². The maximum absolute atomic E-state index is 12.5. The number of fused-ring (bicyclic) bond motifs is 1. The number of para-hydroxylation sites is 1. The van der Waals surface area contributed by atoms with E-state index in [2.05, 4.69) is 39.5 Å². The number of nitrogens with zero attached hydrogens (tertiary/aromatic N) is 3. The summed E-state index contributed by atoms with van der Waals surface area (Å²) in [5.74, 6) is 0.851. The third-order valence-electron chi connectivity index (χ3n) is 5.43. The van der Waals surface area contributed by atoms with Crippen LogP contribution in [0.25, 0.3) is 0 Å². The van der Waals surface area contributed by atoms with E-state index in [1.54, 1.807) is 6.20 Å². The van der Waals surface area contributed by atoms with Gasteiger partial charge >= 0.3 is 0 Å². The number of anilines is 2. The Morgan fingerprint density at radius 2 is 1.96 bits per heavy atom. The Morgan fingerprint density at radius 3 is 2.79 bits per heavy atom. The van der Waals surface area contributed by atoms with Crippen LogP contribution in [0, 0.1) is 0 Å². The van der Waals surface area contributed by atoms with E-state index in [1.807, 2.05) is 17.0 Å². The van der Waals surface area contributed by atoms with Crippen LogP contribution in [-0.2, 0) is 11.2 Å². The van der Waals surface area contributed by atoms with Crippen molar-refractivity contribution in [3.05, 3.63) is 53.7 Å². The van der Waals surface area contributed by atoms with Gasteiger partial charge in [0.1, 0.15) is 5.82 Å². The molecule has 0 bridgehead atoms. The quantitative estimate of drug-likeness (QED) is 0.781. The smallest absolute Gasteiger partial charge is 0.255 e. The number of hydrogen-bond donors (Lipinski definition) is 1. The van der Waals surface area contributed by atoms with Gasteiger partial charge in [0.05, 0.1) is 18.8 Å². The van der Waals surface area contributed by atoms with Crippen molar-refractivity contribution in [1.29, 1.82) is 0 Å².